The van der Waals surface area contributed by atoms with Gasteiger partial charge >= 0.3 is 12.2 Å². The maximum absolute atomic E-state index is 12.6. The second-order valence-corrected chi connectivity index (χ2v) is 8.64. The molecule has 0 aliphatic rings. The summed E-state index contributed by atoms with van der Waals surface area (Å²) in [6.45, 7) is 4.67. The van der Waals surface area contributed by atoms with Crippen molar-refractivity contribution >= 4 is 29.7 Å². The zero-order valence-corrected chi connectivity index (χ0v) is 21.4. The summed E-state index contributed by atoms with van der Waals surface area (Å²) in [5.74, 6) is 4.14. The van der Waals surface area contributed by atoms with Gasteiger partial charge in [-0.25, -0.2) is 9.59 Å². The Morgan fingerprint density at radius 2 is 1.68 bits per heavy atom. The fourth-order valence-electron chi connectivity index (χ4n) is 3.23. The molecule has 2 aromatic rings. The summed E-state index contributed by atoms with van der Waals surface area (Å²) in [7, 11) is 0. The topological polar surface area (TPSA) is 166 Å². The molecule has 0 saturated carbocycles. The highest BCUT2D eigenvalue weighted by Gasteiger charge is 2.26. The first-order valence-electron chi connectivity index (χ1n) is 11.9. The Kier molecular flexibility index (Phi) is 11.6. The third-order valence-electron chi connectivity index (χ3n) is 5.28. The van der Waals surface area contributed by atoms with Gasteiger partial charge in [-0.2, -0.15) is 0 Å². The number of carbonyl (C=O) groups is 4. The van der Waals surface area contributed by atoms with Gasteiger partial charge in [0.25, 0.3) is 0 Å². The lowest BCUT2D eigenvalue weighted by Gasteiger charge is -2.22. The molecule has 0 aliphatic heterocycles. The molecule has 0 heterocycles. The molecule has 6 N–H and O–H groups in total. The first kappa shape index (κ1) is 29.7. The standard InChI is InChI=1S/C27H32N4O7/c1-17(2)23(31-26(35)36)25(34)29-18(3)24(33)30-22-12-11-21(15-32)20(14-22)10-7-13-28-27(37)38-16-19-8-5-4-6-9-19/h4-6,8-9,11-12,14,17-18,23,31-32H,13,15-16H2,1-3H3,(H,28,37)(H,29,34)(H,30,33)(H,35,36)/t18-,23-/m0/s1. The highest BCUT2D eigenvalue weighted by atomic mass is 16.5. The molecule has 0 saturated heterocycles. The van der Waals surface area contributed by atoms with Crippen LogP contribution < -0.4 is 21.3 Å². The van der Waals surface area contributed by atoms with E-state index in [2.05, 4.69) is 33.1 Å². The van der Waals surface area contributed by atoms with E-state index in [1.54, 1.807) is 32.0 Å². The first-order chi connectivity index (χ1) is 18.1. The van der Waals surface area contributed by atoms with Gasteiger partial charge in [0, 0.05) is 11.3 Å². The molecule has 0 spiro atoms. The minimum atomic E-state index is -1.34. The van der Waals surface area contributed by atoms with Crippen LogP contribution in [0.5, 0.6) is 0 Å². The first-order valence-corrected chi connectivity index (χ1v) is 11.9. The second-order valence-electron chi connectivity index (χ2n) is 8.64. The summed E-state index contributed by atoms with van der Waals surface area (Å²) in [5, 5.41) is 28.4. The molecule has 2 aromatic carbocycles. The van der Waals surface area contributed by atoms with Crippen LogP contribution in [0.4, 0.5) is 15.3 Å². The number of alkyl carbamates (subject to hydrolysis) is 1. The maximum atomic E-state index is 12.6. The van der Waals surface area contributed by atoms with Gasteiger partial charge in [-0.05, 0) is 36.1 Å². The average molecular weight is 525 g/mol. The SMILES string of the molecule is CC(C)[C@H](NC(=O)O)C(=O)N[C@@H](C)C(=O)Nc1ccc(CO)c(C#CCNC(=O)OCc2ccccc2)c1. The van der Waals surface area contributed by atoms with Crippen LogP contribution in [0, 0.1) is 17.8 Å². The van der Waals surface area contributed by atoms with Crippen LogP contribution in [0.15, 0.2) is 48.5 Å². The molecule has 11 heteroatoms. The van der Waals surface area contributed by atoms with Gasteiger partial charge in [0.05, 0.1) is 13.2 Å². The molecular formula is C27H32N4O7. The number of anilines is 1. The van der Waals surface area contributed by atoms with Crippen molar-refractivity contribution in [2.45, 2.75) is 46.1 Å². The minimum absolute atomic E-state index is 0.000456. The summed E-state index contributed by atoms with van der Waals surface area (Å²) >= 11 is 0. The average Bonchev–Trinajstić information content (AvgIpc) is 2.88. The van der Waals surface area contributed by atoms with Gasteiger partial charge in [0.2, 0.25) is 11.8 Å². The number of benzene rings is 2. The maximum Gasteiger partial charge on any atom is 0.408 e. The van der Waals surface area contributed by atoms with Gasteiger partial charge in [-0.1, -0.05) is 62.1 Å². The number of ether oxygens (including phenoxy) is 1. The molecule has 0 aliphatic carbocycles. The Labute approximate surface area is 221 Å². The summed E-state index contributed by atoms with van der Waals surface area (Å²) in [6, 6.07) is 12.0. The number of aliphatic hydroxyl groups is 1. The fraction of sp³-hybridized carbons (Fsp3) is 0.333. The molecule has 0 aromatic heterocycles. The van der Waals surface area contributed by atoms with Crippen LogP contribution in [0.2, 0.25) is 0 Å². The van der Waals surface area contributed by atoms with Crippen molar-refractivity contribution in [2.24, 2.45) is 5.92 Å². The quantitative estimate of drug-likeness (QED) is 0.259. The lowest BCUT2D eigenvalue weighted by Crippen LogP contribution is -2.53. The minimum Gasteiger partial charge on any atom is -0.465 e. The molecule has 202 valence electrons. The smallest absolute Gasteiger partial charge is 0.408 e. The molecule has 11 nitrogen and oxygen atoms in total. The number of aliphatic hydroxyl groups excluding tert-OH is 1. The summed E-state index contributed by atoms with van der Waals surface area (Å²) in [4.78, 5) is 47.8. The molecule has 2 rings (SSSR count). The number of carbonyl (C=O) groups excluding carboxylic acids is 3. The van der Waals surface area contributed by atoms with E-state index in [9.17, 15) is 24.3 Å². The Bertz CT molecular complexity index is 1190. The van der Waals surface area contributed by atoms with E-state index in [4.69, 9.17) is 9.84 Å². The zero-order chi connectivity index (χ0) is 28.1. The van der Waals surface area contributed by atoms with Crippen LogP contribution in [0.3, 0.4) is 0 Å². The van der Waals surface area contributed by atoms with Crippen LogP contribution in [0.1, 0.15) is 37.5 Å². The van der Waals surface area contributed by atoms with Gasteiger partial charge < -0.3 is 36.2 Å². The van der Waals surface area contributed by atoms with Crippen LogP contribution in [0.25, 0.3) is 0 Å². The summed E-state index contributed by atoms with van der Waals surface area (Å²) < 4.78 is 5.12. The van der Waals surface area contributed by atoms with Crippen molar-refractivity contribution in [3.63, 3.8) is 0 Å². The largest absolute Gasteiger partial charge is 0.465 e. The van der Waals surface area contributed by atoms with E-state index in [0.717, 1.165) is 5.56 Å². The number of hydrogen-bond acceptors (Lipinski definition) is 6. The molecule has 2 atom stereocenters. The molecule has 0 radical (unpaired) electrons. The number of hydrogen-bond donors (Lipinski definition) is 6. The predicted molar refractivity (Wildman–Crippen MR) is 140 cm³/mol. The van der Waals surface area contributed by atoms with Gasteiger partial charge in [0.1, 0.15) is 18.7 Å². The highest BCUT2D eigenvalue weighted by Crippen LogP contribution is 2.16. The van der Waals surface area contributed by atoms with E-state index < -0.39 is 36.1 Å². The summed E-state index contributed by atoms with van der Waals surface area (Å²) in [5.41, 5.74) is 2.18. The van der Waals surface area contributed by atoms with Crippen LogP contribution in [-0.4, -0.2) is 52.8 Å². The zero-order valence-electron chi connectivity index (χ0n) is 21.4. The van der Waals surface area contributed by atoms with E-state index in [1.165, 1.54) is 6.92 Å². The Morgan fingerprint density at radius 1 is 0.974 bits per heavy atom. The monoisotopic (exact) mass is 524 g/mol. The normalized spacial score (nSPS) is 11.8. The lowest BCUT2D eigenvalue weighted by atomic mass is 10.0. The van der Waals surface area contributed by atoms with Crippen molar-refractivity contribution < 1.29 is 34.1 Å². The van der Waals surface area contributed by atoms with E-state index >= 15 is 0 Å². The molecule has 4 amide bonds. The summed E-state index contributed by atoms with van der Waals surface area (Å²) in [6.07, 6.45) is -1.96. The van der Waals surface area contributed by atoms with E-state index in [1.807, 2.05) is 30.3 Å². The van der Waals surface area contributed by atoms with E-state index in [0.29, 0.717) is 16.8 Å². The number of rotatable bonds is 10. The van der Waals surface area contributed by atoms with Crippen molar-refractivity contribution in [2.75, 3.05) is 11.9 Å². The predicted octanol–water partition coefficient (Wildman–Crippen LogP) is 2.19. The molecular weight excluding hydrogens is 492 g/mol. The highest BCUT2D eigenvalue weighted by molar-refractivity contribution is 5.98. The van der Waals surface area contributed by atoms with Crippen molar-refractivity contribution in [1.82, 2.24) is 16.0 Å². The Balaban J connectivity index is 1.95. The second kappa shape index (κ2) is 14.9. The molecule has 0 bridgehead atoms. The third-order valence-corrected chi connectivity index (χ3v) is 5.28. The molecule has 0 fully saturated rings. The Morgan fingerprint density at radius 3 is 2.32 bits per heavy atom. The fourth-order valence-corrected chi connectivity index (χ4v) is 3.23. The number of carboxylic acid groups (broad SMARTS) is 1. The van der Waals surface area contributed by atoms with Crippen LogP contribution in [-0.2, 0) is 27.5 Å². The van der Waals surface area contributed by atoms with Crippen molar-refractivity contribution in [1.29, 1.82) is 0 Å². The van der Waals surface area contributed by atoms with Gasteiger partial charge in [0.15, 0.2) is 0 Å². The van der Waals surface area contributed by atoms with Crippen molar-refractivity contribution in [3.8, 4) is 11.8 Å². The van der Waals surface area contributed by atoms with E-state index in [-0.39, 0.29) is 25.7 Å². The molecule has 38 heavy (non-hydrogen) atoms. The lowest BCUT2D eigenvalue weighted by molar-refractivity contribution is -0.128. The number of nitrogens with one attached hydrogen (secondary N) is 4. The third kappa shape index (κ3) is 9.83. The Hall–Kier alpha value is -4.56. The van der Waals surface area contributed by atoms with Crippen LogP contribution >= 0.6 is 0 Å². The number of amides is 4. The van der Waals surface area contributed by atoms with Gasteiger partial charge in [-0.15, -0.1) is 0 Å². The van der Waals surface area contributed by atoms with Gasteiger partial charge in [-0.3, -0.25) is 9.59 Å². The molecule has 0 unspecified atom stereocenters. The van der Waals surface area contributed by atoms with Crippen molar-refractivity contribution in [3.05, 3.63) is 65.2 Å².